The Hall–Kier alpha value is -4.71. The predicted molar refractivity (Wildman–Crippen MR) is 184 cm³/mol. The van der Waals surface area contributed by atoms with Crippen molar-refractivity contribution in [2.45, 2.75) is 23.5 Å². The summed E-state index contributed by atoms with van der Waals surface area (Å²) in [5.74, 6) is -0.274. The van der Waals surface area contributed by atoms with Crippen molar-refractivity contribution in [2.75, 3.05) is 17.7 Å². The molecule has 0 aliphatic carbocycles. The highest BCUT2D eigenvalue weighted by atomic mass is 32.2. The minimum atomic E-state index is -0.465. The molecule has 0 aliphatic rings. The summed E-state index contributed by atoms with van der Waals surface area (Å²) in [5, 5.41) is 14.4. The van der Waals surface area contributed by atoms with Crippen molar-refractivity contribution in [3.05, 3.63) is 118 Å². The van der Waals surface area contributed by atoms with E-state index in [9.17, 15) is 14.4 Å². The van der Waals surface area contributed by atoms with E-state index in [4.69, 9.17) is 4.74 Å². The second-order valence-electron chi connectivity index (χ2n) is 9.69. The maximum absolute atomic E-state index is 13.4. The topological polar surface area (TPSA) is 109 Å². The van der Waals surface area contributed by atoms with Gasteiger partial charge in [-0.15, -0.1) is 23.1 Å². The average Bonchev–Trinajstić information content (AvgIpc) is 3.76. The predicted octanol–water partition coefficient (Wildman–Crippen LogP) is 7.80. The number of benzene rings is 3. The van der Waals surface area contributed by atoms with Crippen molar-refractivity contribution in [1.29, 1.82) is 0 Å². The van der Waals surface area contributed by atoms with E-state index in [1.165, 1.54) is 34.4 Å². The van der Waals surface area contributed by atoms with Crippen molar-refractivity contribution in [3.63, 3.8) is 0 Å². The molecule has 3 amide bonds. The number of carbonyl (C=O) groups excluding carboxylic acids is 3. The average molecular weight is 655 g/mol. The molecule has 0 saturated carbocycles. The molecule has 11 heteroatoms. The summed E-state index contributed by atoms with van der Waals surface area (Å²) >= 11 is 4.25. The van der Waals surface area contributed by atoms with Crippen LogP contribution < -0.4 is 20.7 Å². The van der Waals surface area contributed by atoms with Crippen LogP contribution >= 0.6 is 34.4 Å². The molecule has 8 nitrogen and oxygen atoms in total. The van der Waals surface area contributed by atoms with Crippen molar-refractivity contribution >= 4 is 69.1 Å². The molecule has 228 valence electrons. The number of anilines is 2. The number of methoxy groups -OCH3 is 1. The number of ether oxygens (including phenoxy) is 1. The molecule has 0 saturated heterocycles. The lowest BCUT2D eigenvalue weighted by molar-refractivity contribution is -0.116. The molecule has 3 aromatic carbocycles. The third-order valence-corrected chi connectivity index (χ3v) is 9.33. The Morgan fingerprint density at radius 2 is 1.78 bits per heavy atom. The SMILES string of the molecule is CCC(Sc1cccc(NC(=O)/C(=C/c2ccsc2)NC(=O)c2ccccc2)c1)C(=O)Nc1nc(-c2cccc(OC)c2)cs1. The van der Waals surface area contributed by atoms with Gasteiger partial charge in [-0.05, 0) is 77.4 Å². The fourth-order valence-corrected chi connectivity index (χ4v) is 6.58. The fourth-order valence-electron chi connectivity index (χ4n) is 4.23. The number of carbonyl (C=O) groups is 3. The summed E-state index contributed by atoms with van der Waals surface area (Å²) in [6.07, 6.45) is 2.22. The Kier molecular flexibility index (Phi) is 10.8. The highest BCUT2D eigenvalue weighted by molar-refractivity contribution is 8.00. The zero-order valence-corrected chi connectivity index (χ0v) is 26.9. The minimum Gasteiger partial charge on any atom is -0.497 e. The highest BCUT2D eigenvalue weighted by Crippen LogP contribution is 2.31. The molecule has 2 heterocycles. The van der Waals surface area contributed by atoms with Crippen LogP contribution in [0.25, 0.3) is 17.3 Å². The largest absolute Gasteiger partial charge is 0.497 e. The number of nitrogens with zero attached hydrogens (tertiary/aromatic N) is 1. The Labute approximate surface area is 273 Å². The number of amides is 3. The lowest BCUT2D eigenvalue weighted by Crippen LogP contribution is -2.30. The Morgan fingerprint density at radius 1 is 0.956 bits per heavy atom. The first kappa shape index (κ1) is 31.7. The van der Waals surface area contributed by atoms with Gasteiger partial charge < -0.3 is 20.7 Å². The molecular weight excluding hydrogens is 625 g/mol. The summed E-state index contributed by atoms with van der Waals surface area (Å²) in [6.45, 7) is 1.95. The summed E-state index contributed by atoms with van der Waals surface area (Å²) in [6, 6.07) is 25.5. The fraction of sp³-hybridized carbons (Fsp3) is 0.118. The first-order chi connectivity index (χ1) is 21.9. The van der Waals surface area contributed by atoms with Crippen LogP contribution in [0, 0.1) is 0 Å². The number of nitrogens with one attached hydrogen (secondary N) is 3. The maximum Gasteiger partial charge on any atom is 0.272 e. The van der Waals surface area contributed by atoms with Gasteiger partial charge in [0.2, 0.25) is 5.91 Å². The molecular formula is C34H30N4O4S3. The van der Waals surface area contributed by atoms with Gasteiger partial charge in [0.1, 0.15) is 11.4 Å². The number of hydrogen-bond donors (Lipinski definition) is 3. The van der Waals surface area contributed by atoms with E-state index in [-0.39, 0.29) is 22.8 Å². The van der Waals surface area contributed by atoms with Crippen LogP contribution in [0.5, 0.6) is 5.75 Å². The zero-order chi connectivity index (χ0) is 31.6. The Bertz CT molecular complexity index is 1800. The molecule has 1 atom stereocenters. The van der Waals surface area contributed by atoms with Gasteiger partial charge in [-0.3, -0.25) is 14.4 Å². The lowest BCUT2D eigenvalue weighted by Gasteiger charge is -2.15. The number of hydrogen-bond acceptors (Lipinski definition) is 8. The molecule has 2 aromatic heterocycles. The lowest BCUT2D eigenvalue weighted by atomic mass is 10.2. The van der Waals surface area contributed by atoms with Crippen molar-refractivity contribution in [2.24, 2.45) is 0 Å². The zero-order valence-electron chi connectivity index (χ0n) is 24.5. The van der Waals surface area contributed by atoms with E-state index >= 15 is 0 Å². The van der Waals surface area contributed by atoms with Gasteiger partial charge >= 0.3 is 0 Å². The van der Waals surface area contributed by atoms with Gasteiger partial charge in [-0.1, -0.05) is 43.3 Å². The van der Waals surface area contributed by atoms with Crippen molar-refractivity contribution in [1.82, 2.24) is 10.3 Å². The molecule has 5 aromatic rings. The van der Waals surface area contributed by atoms with Gasteiger partial charge in [0, 0.05) is 27.1 Å². The molecule has 0 bridgehead atoms. The third-order valence-electron chi connectivity index (χ3n) is 6.52. The van der Waals surface area contributed by atoms with Crippen LogP contribution in [-0.2, 0) is 9.59 Å². The van der Waals surface area contributed by atoms with E-state index in [2.05, 4.69) is 20.9 Å². The third kappa shape index (κ3) is 8.69. The number of thiophene rings is 1. The highest BCUT2D eigenvalue weighted by Gasteiger charge is 2.21. The number of thiazole rings is 1. The Morgan fingerprint density at radius 3 is 2.53 bits per heavy atom. The van der Waals surface area contributed by atoms with Crippen molar-refractivity contribution in [3.8, 4) is 17.0 Å². The summed E-state index contributed by atoms with van der Waals surface area (Å²) in [5.41, 5.74) is 3.55. The smallest absolute Gasteiger partial charge is 0.272 e. The molecule has 45 heavy (non-hydrogen) atoms. The number of thioether (sulfide) groups is 1. The van der Waals surface area contributed by atoms with E-state index in [1.807, 2.05) is 77.7 Å². The second kappa shape index (κ2) is 15.3. The van der Waals surface area contributed by atoms with Gasteiger partial charge in [0.25, 0.3) is 11.8 Å². The van der Waals surface area contributed by atoms with Crippen LogP contribution in [-0.4, -0.2) is 35.1 Å². The van der Waals surface area contributed by atoms with Gasteiger partial charge in [-0.2, -0.15) is 11.3 Å². The molecule has 1 unspecified atom stereocenters. The van der Waals surface area contributed by atoms with Crippen LogP contribution in [0.1, 0.15) is 29.3 Å². The maximum atomic E-state index is 13.4. The summed E-state index contributed by atoms with van der Waals surface area (Å²) in [7, 11) is 1.62. The van der Waals surface area contributed by atoms with E-state index in [1.54, 1.807) is 43.5 Å². The standard InChI is InChI=1S/C34H30N4O4S3/c1-3-30(33(41)38-34-37-29(21-44-34)24-11-7-13-26(18-24)42-2)45-27-14-8-12-25(19-27)35-32(40)28(17-22-15-16-43-20-22)36-31(39)23-9-5-4-6-10-23/h4-21,30H,3H2,1-2H3,(H,35,40)(H,36,39)(H,37,38,41)/b28-17-. The van der Waals surface area contributed by atoms with Crippen LogP contribution in [0.4, 0.5) is 10.8 Å². The molecule has 5 rings (SSSR count). The van der Waals surface area contributed by atoms with E-state index in [0.29, 0.717) is 22.8 Å². The molecule has 0 aliphatic heterocycles. The molecule has 0 radical (unpaired) electrons. The normalized spacial score (nSPS) is 11.8. The van der Waals surface area contributed by atoms with Gasteiger partial charge in [0.15, 0.2) is 5.13 Å². The minimum absolute atomic E-state index is 0.114. The van der Waals surface area contributed by atoms with Crippen LogP contribution in [0.3, 0.4) is 0 Å². The quantitative estimate of drug-likeness (QED) is 0.0936. The van der Waals surface area contributed by atoms with E-state index in [0.717, 1.165) is 27.5 Å². The number of rotatable bonds is 12. The number of aromatic nitrogens is 1. The molecule has 0 fully saturated rings. The summed E-state index contributed by atoms with van der Waals surface area (Å²) in [4.78, 5) is 44.8. The first-order valence-electron chi connectivity index (χ1n) is 14.0. The Balaban J connectivity index is 1.25. The molecule has 3 N–H and O–H groups in total. The monoisotopic (exact) mass is 654 g/mol. The van der Waals surface area contributed by atoms with Gasteiger partial charge in [-0.25, -0.2) is 4.98 Å². The second-order valence-corrected chi connectivity index (χ2v) is 12.6. The van der Waals surface area contributed by atoms with Crippen LogP contribution in [0.2, 0.25) is 0 Å². The van der Waals surface area contributed by atoms with Crippen LogP contribution in [0.15, 0.2) is 112 Å². The summed E-state index contributed by atoms with van der Waals surface area (Å²) < 4.78 is 5.31. The first-order valence-corrected chi connectivity index (χ1v) is 16.7. The van der Waals surface area contributed by atoms with E-state index < -0.39 is 5.91 Å². The van der Waals surface area contributed by atoms with Gasteiger partial charge in [0.05, 0.1) is 18.1 Å². The van der Waals surface area contributed by atoms with Crippen molar-refractivity contribution < 1.29 is 19.1 Å². The molecule has 0 spiro atoms.